The predicted molar refractivity (Wildman–Crippen MR) is 123 cm³/mol. The minimum atomic E-state index is -0.963. The van der Waals surface area contributed by atoms with Gasteiger partial charge < -0.3 is 9.84 Å². The molecule has 2 aromatic carbocycles. The van der Waals surface area contributed by atoms with E-state index in [9.17, 15) is 4.79 Å². The average Bonchev–Trinajstić information content (AvgIpc) is 2.73. The molecule has 30 heavy (non-hydrogen) atoms. The summed E-state index contributed by atoms with van der Waals surface area (Å²) in [6, 6.07) is 14.7. The number of benzene rings is 2. The van der Waals surface area contributed by atoms with E-state index in [1.54, 1.807) is 13.2 Å². The number of methoxy groups -OCH3 is 1. The lowest BCUT2D eigenvalue weighted by molar-refractivity contribution is -0.131. The van der Waals surface area contributed by atoms with Gasteiger partial charge in [0.15, 0.2) is 0 Å². The van der Waals surface area contributed by atoms with Gasteiger partial charge in [0, 0.05) is 5.56 Å². The topological polar surface area (TPSA) is 46.5 Å². The molecule has 2 aromatic rings. The van der Waals surface area contributed by atoms with Gasteiger partial charge in [0.25, 0.3) is 0 Å². The highest BCUT2D eigenvalue weighted by atomic mass is 79.9. The van der Waals surface area contributed by atoms with Gasteiger partial charge in [-0.05, 0) is 113 Å². The van der Waals surface area contributed by atoms with Gasteiger partial charge in [-0.15, -0.1) is 0 Å². The molecule has 0 aromatic heterocycles. The molecule has 1 N–H and O–H groups in total. The Morgan fingerprint density at radius 2 is 1.57 bits per heavy atom. The number of aliphatic carboxylic acids is 1. The van der Waals surface area contributed by atoms with Crippen LogP contribution in [0.2, 0.25) is 0 Å². The first kappa shape index (κ1) is 19.9. The Morgan fingerprint density at radius 1 is 1.00 bits per heavy atom. The molecule has 0 amide bonds. The van der Waals surface area contributed by atoms with E-state index in [-0.39, 0.29) is 9.90 Å². The summed E-state index contributed by atoms with van der Waals surface area (Å²) in [4.78, 5) is 11.0. The van der Waals surface area contributed by atoms with Crippen LogP contribution in [0.1, 0.15) is 49.7 Å². The Morgan fingerprint density at radius 3 is 2.10 bits per heavy atom. The number of halogens is 1. The Kier molecular flexibility index (Phi) is 5.01. The fourth-order valence-corrected chi connectivity index (χ4v) is 6.99. The fraction of sp³-hybridized carbons (Fsp3) is 0.423. The minimum Gasteiger partial charge on any atom is -0.496 e. The summed E-state index contributed by atoms with van der Waals surface area (Å²) in [5.41, 5.74) is 4.90. The maximum absolute atomic E-state index is 11.0. The molecule has 0 unspecified atom stereocenters. The summed E-state index contributed by atoms with van der Waals surface area (Å²) >= 11 is 3.09. The normalized spacial score (nSPS) is 29.8. The zero-order chi connectivity index (χ0) is 20.9. The molecule has 0 heterocycles. The van der Waals surface area contributed by atoms with Crippen LogP contribution >= 0.6 is 15.9 Å². The monoisotopic (exact) mass is 466 g/mol. The number of hydrogen-bond donors (Lipinski definition) is 1. The zero-order valence-electron chi connectivity index (χ0n) is 17.2. The Balaban J connectivity index is 1.50. The van der Waals surface area contributed by atoms with Crippen molar-refractivity contribution in [1.82, 2.24) is 0 Å². The van der Waals surface area contributed by atoms with Crippen LogP contribution in [-0.4, -0.2) is 18.2 Å². The molecular weight excluding hydrogens is 440 g/mol. The number of carbonyl (C=O) groups is 1. The van der Waals surface area contributed by atoms with Gasteiger partial charge in [-0.2, -0.15) is 0 Å². The summed E-state index contributed by atoms with van der Waals surface area (Å²) in [7, 11) is 1.79. The Hall–Kier alpha value is -2.07. The summed E-state index contributed by atoms with van der Waals surface area (Å²) in [6.45, 7) is 0. The third-order valence-electron chi connectivity index (χ3n) is 7.55. The molecule has 4 aliphatic rings. The first-order chi connectivity index (χ1) is 14.5. The number of carboxylic acids is 1. The van der Waals surface area contributed by atoms with Gasteiger partial charge in [0.05, 0.1) is 7.11 Å². The molecule has 156 valence electrons. The molecule has 4 aliphatic carbocycles. The zero-order valence-corrected chi connectivity index (χ0v) is 18.8. The molecule has 4 heteroatoms. The quantitative estimate of drug-likeness (QED) is 0.501. The maximum atomic E-state index is 11.0. The second-order valence-electron chi connectivity index (χ2n) is 9.53. The van der Waals surface area contributed by atoms with Crippen LogP contribution in [0.3, 0.4) is 0 Å². The van der Waals surface area contributed by atoms with Crippen LogP contribution in [0.25, 0.3) is 17.2 Å². The molecule has 6 rings (SSSR count). The van der Waals surface area contributed by atoms with Crippen LogP contribution in [0.4, 0.5) is 0 Å². The second kappa shape index (κ2) is 7.56. The van der Waals surface area contributed by atoms with Gasteiger partial charge >= 0.3 is 5.97 Å². The molecular formula is C26H27BrO3. The molecule has 0 atom stereocenters. The van der Waals surface area contributed by atoms with Crippen LogP contribution < -0.4 is 4.74 Å². The van der Waals surface area contributed by atoms with Crippen molar-refractivity contribution < 1.29 is 14.6 Å². The fourth-order valence-electron chi connectivity index (χ4n) is 6.72. The molecule has 4 fully saturated rings. The summed E-state index contributed by atoms with van der Waals surface area (Å²) in [5, 5.41) is 9.05. The molecule has 3 nitrogen and oxygen atoms in total. The number of ether oxygens (including phenoxy) is 1. The molecule has 0 radical (unpaired) electrons. The maximum Gasteiger partial charge on any atom is 0.342 e. The van der Waals surface area contributed by atoms with E-state index in [0.29, 0.717) is 0 Å². The molecule has 0 saturated heterocycles. The highest BCUT2D eigenvalue weighted by Crippen LogP contribution is 2.62. The van der Waals surface area contributed by atoms with E-state index in [4.69, 9.17) is 9.84 Å². The van der Waals surface area contributed by atoms with E-state index in [0.717, 1.165) is 34.6 Å². The van der Waals surface area contributed by atoms with Crippen molar-refractivity contribution in [2.75, 3.05) is 7.11 Å². The summed E-state index contributed by atoms with van der Waals surface area (Å²) < 4.78 is 6.00. The first-order valence-corrected chi connectivity index (χ1v) is 11.6. The predicted octanol–water partition coefficient (Wildman–Crippen LogP) is 6.65. The molecule has 4 bridgehead atoms. The van der Waals surface area contributed by atoms with Crippen molar-refractivity contribution in [2.45, 2.75) is 43.9 Å². The SMILES string of the molecule is COc1ccc(-c2ccc(/C=C(/Br)C(=O)O)cc2)cc1C12CC3CC(CC(C3)C1)C2. The van der Waals surface area contributed by atoms with Crippen molar-refractivity contribution in [3.63, 3.8) is 0 Å². The van der Waals surface area contributed by atoms with Crippen molar-refractivity contribution in [3.05, 3.63) is 58.1 Å². The van der Waals surface area contributed by atoms with Crippen LogP contribution in [-0.2, 0) is 10.2 Å². The summed E-state index contributed by atoms with van der Waals surface area (Å²) in [5.74, 6) is 2.75. The highest BCUT2D eigenvalue weighted by molar-refractivity contribution is 9.12. The van der Waals surface area contributed by atoms with Gasteiger partial charge in [0.2, 0.25) is 0 Å². The van der Waals surface area contributed by atoms with Crippen molar-refractivity contribution in [1.29, 1.82) is 0 Å². The highest BCUT2D eigenvalue weighted by Gasteiger charge is 2.52. The third-order valence-corrected chi connectivity index (χ3v) is 8.12. The van der Waals surface area contributed by atoms with Crippen LogP contribution in [0.15, 0.2) is 46.9 Å². The second-order valence-corrected chi connectivity index (χ2v) is 10.4. The molecule has 4 saturated carbocycles. The standard InChI is InChI=1S/C26H27BrO3/c1-30-24-7-6-21(20-4-2-16(3-5-20)11-23(27)25(28)29)12-22(24)26-13-17-8-18(14-26)10-19(9-17)15-26/h2-7,11-12,17-19H,8-10,13-15H2,1H3,(H,28,29)/b23-11+. The van der Waals surface area contributed by atoms with E-state index in [2.05, 4.69) is 46.3 Å². The Bertz CT molecular complexity index is 970. The Labute approximate surface area is 186 Å². The third kappa shape index (κ3) is 3.49. The number of hydrogen-bond acceptors (Lipinski definition) is 2. The van der Waals surface area contributed by atoms with Gasteiger partial charge in [-0.25, -0.2) is 4.79 Å². The van der Waals surface area contributed by atoms with Crippen molar-refractivity contribution in [2.24, 2.45) is 17.8 Å². The lowest BCUT2D eigenvalue weighted by atomic mass is 9.48. The van der Waals surface area contributed by atoms with Crippen LogP contribution in [0, 0.1) is 17.8 Å². The number of carboxylic acid groups (broad SMARTS) is 1. The molecule has 0 aliphatic heterocycles. The number of rotatable bonds is 5. The van der Waals surface area contributed by atoms with Gasteiger partial charge in [-0.3, -0.25) is 0 Å². The van der Waals surface area contributed by atoms with Crippen LogP contribution in [0.5, 0.6) is 5.75 Å². The van der Waals surface area contributed by atoms with E-state index in [1.165, 1.54) is 49.7 Å². The van der Waals surface area contributed by atoms with Crippen molar-refractivity contribution in [3.8, 4) is 16.9 Å². The largest absolute Gasteiger partial charge is 0.496 e. The van der Waals surface area contributed by atoms with Gasteiger partial charge in [0.1, 0.15) is 10.2 Å². The van der Waals surface area contributed by atoms with E-state index < -0.39 is 5.97 Å². The van der Waals surface area contributed by atoms with Gasteiger partial charge in [-0.1, -0.05) is 30.3 Å². The average molecular weight is 467 g/mol. The summed E-state index contributed by atoms with van der Waals surface area (Å²) in [6.07, 6.45) is 9.86. The lowest BCUT2D eigenvalue weighted by Gasteiger charge is -2.57. The van der Waals surface area contributed by atoms with E-state index >= 15 is 0 Å². The molecule has 0 spiro atoms. The smallest absolute Gasteiger partial charge is 0.342 e. The lowest BCUT2D eigenvalue weighted by Crippen LogP contribution is -2.48. The first-order valence-electron chi connectivity index (χ1n) is 10.9. The minimum absolute atomic E-state index is 0.156. The van der Waals surface area contributed by atoms with E-state index in [1.807, 2.05) is 12.1 Å². The van der Waals surface area contributed by atoms with Crippen molar-refractivity contribution >= 4 is 28.0 Å².